The fraction of sp³-hybridized carbons (Fsp3) is 0.133. The van der Waals surface area contributed by atoms with Crippen LogP contribution in [0, 0.1) is 0 Å². The Bertz CT molecular complexity index is 667. The summed E-state index contributed by atoms with van der Waals surface area (Å²) in [5.74, 6) is -0.107. The molecule has 0 amide bonds. The molecule has 0 saturated carbocycles. The van der Waals surface area contributed by atoms with Crippen molar-refractivity contribution in [1.82, 2.24) is 0 Å². The number of halogens is 2. The molecule has 0 saturated heterocycles. The van der Waals surface area contributed by atoms with Gasteiger partial charge in [-0.25, -0.2) is 0 Å². The number of rotatable bonds is 2. The van der Waals surface area contributed by atoms with Crippen molar-refractivity contribution < 1.29 is 4.79 Å². The molecule has 1 heterocycles. The molecule has 0 atom stereocenters. The lowest BCUT2D eigenvalue weighted by molar-refractivity contribution is 0.103. The van der Waals surface area contributed by atoms with E-state index in [4.69, 9.17) is 23.2 Å². The van der Waals surface area contributed by atoms with E-state index in [1.54, 1.807) is 18.2 Å². The summed E-state index contributed by atoms with van der Waals surface area (Å²) < 4.78 is 0. The predicted molar refractivity (Wildman–Crippen MR) is 78.5 cm³/mol. The van der Waals surface area contributed by atoms with Gasteiger partial charge in [-0.1, -0.05) is 35.3 Å². The molecule has 0 aromatic heterocycles. The Morgan fingerprint density at radius 1 is 1.11 bits per heavy atom. The predicted octanol–water partition coefficient (Wildman–Crippen LogP) is 4.19. The first-order valence-corrected chi connectivity index (χ1v) is 6.77. The second-order valence-electron chi connectivity index (χ2n) is 4.50. The lowest BCUT2D eigenvalue weighted by Crippen LogP contribution is -2.03. The maximum atomic E-state index is 12.4. The van der Waals surface area contributed by atoms with Crippen molar-refractivity contribution in [2.24, 2.45) is 0 Å². The van der Waals surface area contributed by atoms with E-state index in [1.165, 1.54) is 5.56 Å². The minimum absolute atomic E-state index is 0.107. The minimum atomic E-state index is -0.107. The summed E-state index contributed by atoms with van der Waals surface area (Å²) in [5.41, 5.74) is 3.34. The van der Waals surface area contributed by atoms with Crippen LogP contribution in [0.5, 0.6) is 0 Å². The highest BCUT2D eigenvalue weighted by molar-refractivity contribution is 6.36. The number of carbonyl (C=O) groups is 1. The van der Waals surface area contributed by atoms with Crippen molar-refractivity contribution in [3.63, 3.8) is 0 Å². The summed E-state index contributed by atoms with van der Waals surface area (Å²) in [5, 5.41) is 4.19. The Morgan fingerprint density at radius 3 is 2.79 bits per heavy atom. The van der Waals surface area contributed by atoms with Gasteiger partial charge in [-0.05, 0) is 36.2 Å². The van der Waals surface area contributed by atoms with Crippen LogP contribution >= 0.6 is 23.2 Å². The molecule has 0 radical (unpaired) electrons. The maximum absolute atomic E-state index is 12.4. The molecular formula is C15H11Cl2NO. The number of hydrogen-bond donors (Lipinski definition) is 1. The van der Waals surface area contributed by atoms with Gasteiger partial charge >= 0.3 is 0 Å². The number of fused-ring (bicyclic) bond motifs is 1. The average Bonchev–Trinajstić information content (AvgIpc) is 2.88. The number of nitrogens with one attached hydrogen (secondary N) is 1. The minimum Gasteiger partial charge on any atom is -0.384 e. The standard InChI is InChI=1S/C15H11Cl2NO/c16-11-3-4-13(17)12(8-11)15(19)10-2-1-9-5-6-18-14(9)7-10/h1-4,7-8,18H,5-6H2. The fourth-order valence-corrected chi connectivity index (χ4v) is 2.63. The molecule has 2 aromatic carbocycles. The summed E-state index contributed by atoms with van der Waals surface area (Å²) in [4.78, 5) is 12.4. The SMILES string of the molecule is O=C(c1ccc2c(c1)NCC2)c1cc(Cl)ccc1Cl. The van der Waals surface area contributed by atoms with Gasteiger partial charge in [-0.3, -0.25) is 4.79 Å². The molecule has 96 valence electrons. The lowest BCUT2D eigenvalue weighted by Gasteiger charge is -2.06. The second kappa shape index (κ2) is 4.87. The zero-order valence-corrected chi connectivity index (χ0v) is 11.6. The summed E-state index contributed by atoms with van der Waals surface area (Å²) in [7, 11) is 0. The van der Waals surface area contributed by atoms with E-state index in [0.29, 0.717) is 21.2 Å². The zero-order chi connectivity index (χ0) is 13.4. The molecule has 3 rings (SSSR count). The van der Waals surface area contributed by atoms with E-state index in [0.717, 1.165) is 18.7 Å². The summed E-state index contributed by atoms with van der Waals surface area (Å²) in [6.07, 6.45) is 1.00. The zero-order valence-electron chi connectivity index (χ0n) is 10.0. The molecule has 1 N–H and O–H groups in total. The van der Waals surface area contributed by atoms with Gasteiger partial charge in [0.1, 0.15) is 0 Å². The Morgan fingerprint density at radius 2 is 1.95 bits per heavy atom. The lowest BCUT2D eigenvalue weighted by atomic mass is 10.0. The van der Waals surface area contributed by atoms with Crippen LogP contribution in [0.25, 0.3) is 0 Å². The van der Waals surface area contributed by atoms with Crippen LogP contribution in [-0.4, -0.2) is 12.3 Å². The molecule has 1 aliphatic heterocycles. The van der Waals surface area contributed by atoms with E-state index in [-0.39, 0.29) is 5.78 Å². The molecule has 0 aliphatic carbocycles. The van der Waals surface area contributed by atoms with Crippen LogP contribution in [0.1, 0.15) is 21.5 Å². The van der Waals surface area contributed by atoms with Gasteiger partial charge in [0.15, 0.2) is 5.78 Å². The fourth-order valence-electron chi connectivity index (χ4n) is 2.26. The van der Waals surface area contributed by atoms with Gasteiger partial charge in [-0.2, -0.15) is 0 Å². The molecular weight excluding hydrogens is 281 g/mol. The Balaban J connectivity index is 2.02. The monoisotopic (exact) mass is 291 g/mol. The van der Waals surface area contributed by atoms with Crippen molar-refractivity contribution in [1.29, 1.82) is 0 Å². The number of hydrogen-bond acceptors (Lipinski definition) is 2. The first kappa shape index (κ1) is 12.5. The number of anilines is 1. The van der Waals surface area contributed by atoms with Crippen LogP contribution in [-0.2, 0) is 6.42 Å². The van der Waals surface area contributed by atoms with Gasteiger partial charge < -0.3 is 5.32 Å². The van der Waals surface area contributed by atoms with Crippen LogP contribution < -0.4 is 5.32 Å². The largest absolute Gasteiger partial charge is 0.384 e. The highest BCUT2D eigenvalue weighted by Gasteiger charge is 2.17. The quantitative estimate of drug-likeness (QED) is 0.841. The third kappa shape index (κ3) is 2.34. The number of benzene rings is 2. The van der Waals surface area contributed by atoms with Gasteiger partial charge in [0.05, 0.1) is 5.02 Å². The Hall–Kier alpha value is -1.51. The Kier molecular flexibility index (Phi) is 3.21. The van der Waals surface area contributed by atoms with Crippen molar-refractivity contribution in [2.45, 2.75) is 6.42 Å². The molecule has 0 unspecified atom stereocenters. The average molecular weight is 292 g/mol. The first-order chi connectivity index (χ1) is 9.15. The molecule has 1 aliphatic rings. The van der Waals surface area contributed by atoms with Gasteiger partial charge in [-0.15, -0.1) is 0 Å². The molecule has 2 nitrogen and oxygen atoms in total. The molecule has 4 heteroatoms. The Labute approximate surface area is 121 Å². The number of carbonyl (C=O) groups excluding carboxylic acids is 1. The highest BCUT2D eigenvalue weighted by Crippen LogP contribution is 2.27. The van der Waals surface area contributed by atoms with Gasteiger partial charge in [0.25, 0.3) is 0 Å². The van der Waals surface area contributed by atoms with Crippen molar-refractivity contribution in [3.8, 4) is 0 Å². The molecule has 0 fully saturated rings. The summed E-state index contributed by atoms with van der Waals surface area (Å²) >= 11 is 12.0. The van der Waals surface area contributed by atoms with Gasteiger partial charge in [0.2, 0.25) is 0 Å². The van der Waals surface area contributed by atoms with Crippen LogP contribution in [0.2, 0.25) is 10.0 Å². The maximum Gasteiger partial charge on any atom is 0.194 e. The smallest absolute Gasteiger partial charge is 0.194 e. The third-order valence-electron chi connectivity index (χ3n) is 3.25. The summed E-state index contributed by atoms with van der Waals surface area (Å²) in [6.45, 7) is 0.922. The normalized spacial score (nSPS) is 12.9. The first-order valence-electron chi connectivity index (χ1n) is 6.02. The van der Waals surface area contributed by atoms with Gasteiger partial charge in [0, 0.05) is 28.4 Å². The summed E-state index contributed by atoms with van der Waals surface area (Å²) in [6, 6.07) is 10.6. The third-order valence-corrected chi connectivity index (χ3v) is 3.82. The molecule has 0 bridgehead atoms. The second-order valence-corrected chi connectivity index (χ2v) is 5.35. The number of ketones is 1. The molecule has 2 aromatic rings. The van der Waals surface area contributed by atoms with E-state index in [2.05, 4.69) is 5.32 Å². The van der Waals surface area contributed by atoms with Crippen molar-refractivity contribution in [3.05, 3.63) is 63.1 Å². The van der Waals surface area contributed by atoms with E-state index >= 15 is 0 Å². The molecule has 19 heavy (non-hydrogen) atoms. The highest BCUT2D eigenvalue weighted by atomic mass is 35.5. The van der Waals surface area contributed by atoms with Crippen molar-refractivity contribution >= 4 is 34.7 Å². The van der Waals surface area contributed by atoms with E-state index in [1.807, 2.05) is 18.2 Å². The molecule has 0 spiro atoms. The van der Waals surface area contributed by atoms with E-state index in [9.17, 15) is 4.79 Å². The van der Waals surface area contributed by atoms with Crippen LogP contribution in [0.15, 0.2) is 36.4 Å². The van der Waals surface area contributed by atoms with Crippen LogP contribution in [0.3, 0.4) is 0 Å². The van der Waals surface area contributed by atoms with Crippen molar-refractivity contribution in [2.75, 3.05) is 11.9 Å². The topological polar surface area (TPSA) is 29.1 Å². The van der Waals surface area contributed by atoms with E-state index < -0.39 is 0 Å². The van der Waals surface area contributed by atoms with Crippen LogP contribution in [0.4, 0.5) is 5.69 Å².